The summed E-state index contributed by atoms with van der Waals surface area (Å²) in [6.45, 7) is 7.15. The van der Waals surface area contributed by atoms with Crippen LogP contribution in [0.5, 0.6) is 5.75 Å². The third-order valence-electron chi connectivity index (χ3n) is 3.57. The van der Waals surface area contributed by atoms with Gasteiger partial charge >= 0.3 is 0 Å². The molecule has 2 aromatic rings. The van der Waals surface area contributed by atoms with Gasteiger partial charge in [0.2, 0.25) is 0 Å². The van der Waals surface area contributed by atoms with Crippen molar-refractivity contribution in [3.05, 3.63) is 58.7 Å². The third kappa shape index (κ3) is 5.76. The second kappa shape index (κ2) is 10.0. The standard InChI is InChI=1S/C19H23O3P.Li/c1-13-11-14(2)18(15(3)12-13)19(20)23-17-7-5-16(6-8-17)22-10-9-21-4;/h5-8,11-12,23H,9-10H2,1-4H3;. The van der Waals surface area contributed by atoms with E-state index in [1.165, 1.54) is 5.56 Å². The number of ether oxygens (including phenoxy) is 2. The number of hydrogen-bond donors (Lipinski definition) is 0. The topological polar surface area (TPSA) is 35.5 Å². The third-order valence-corrected chi connectivity index (χ3v) is 4.67. The van der Waals surface area contributed by atoms with Crippen molar-refractivity contribution < 1.29 is 14.3 Å². The molecule has 0 spiro atoms. The van der Waals surface area contributed by atoms with Crippen LogP contribution in [0.15, 0.2) is 36.4 Å². The molecule has 1 unspecified atom stereocenters. The number of hydrogen-bond acceptors (Lipinski definition) is 3. The molecule has 5 heteroatoms. The van der Waals surface area contributed by atoms with Crippen molar-refractivity contribution >= 4 is 38.3 Å². The molecule has 2 rings (SSSR count). The molecule has 2 aromatic carbocycles. The van der Waals surface area contributed by atoms with Gasteiger partial charge < -0.3 is 9.47 Å². The number of methoxy groups -OCH3 is 1. The predicted molar refractivity (Wildman–Crippen MR) is 102 cm³/mol. The smallest absolute Gasteiger partial charge is 0.186 e. The summed E-state index contributed by atoms with van der Waals surface area (Å²) in [5.74, 6) is 0.797. The zero-order valence-electron chi connectivity index (χ0n) is 15.1. The molecule has 24 heavy (non-hydrogen) atoms. The zero-order valence-corrected chi connectivity index (χ0v) is 16.1. The fourth-order valence-electron chi connectivity index (χ4n) is 2.61. The first-order valence-corrected chi connectivity index (χ1v) is 8.62. The summed E-state index contributed by atoms with van der Waals surface area (Å²) < 4.78 is 10.5. The van der Waals surface area contributed by atoms with Gasteiger partial charge in [-0.2, -0.15) is 0 Å². The summed E-state index contributed by atoms with van der Waals surface area (Å²) in [4.78, 5) is 12.6. The van der Waals surface area contributed by atoms with Gasteiger partial charge in [-0.3, -0.25) is 4.79 Å². The molecule has 0 bridgehead atoms. The molecular weight excluding hydrogens is 314 g/mol. The maximum absolute atomic E-state index is 12.6. The van der Waals surface area contributed by atoms with Crippen LogP contribution in [0.3, 0.4) is 0 Å². The van der Waals surface area contributed by atoms with E-state index in [1.54, 1.807) is 7.11 Å². The maximum atomic E-state index is 12.6. The van der Waals surface area contributed by atoms with Gasteiger partial charge in [0.25, 0.3) is 0 Å². The fraction of sp³-hybridized carbons (Fsp3) is 0.316. The molecule has 3 nitrogen and oxygen atoms in total. The Balaban J connectivity index is 0.00000288. The molecule has 0 aliphatic carbocycles. The van der Waals surface area contributed by atoms with E-state index < -0.39 is 0 Å². The van der Waals surface area contributed by atoms with Crippen molar-refractivity contribution in [3.63, 3.8) is 0 Å². The number of benzene rings is 2. The average Bonchev–Trinajstić information content (AvgIpc) is 2.48. The van der Waals surface area contributed by atoms with Gasteiger partial charge in [0.1, 0.15) is 12.4 Å². The van der Waals surface area contributed by atoms with E-state index in [2.05, 4.69) is 19.1 Å². The first-order valence-electron chi connectivity index (χ1n) is 7.62. The minimum Gasteiger partial charge on any atom is -0.491 e. The first-order chi connectivity index (χ1) is 11.0. The van der Waals surface area contributed by atoms with Gasteiger partial charge in [0.05, 0.1) is 6.61 Å². The molecule has 1 atom stereocenters. The molecule has 0 heterocycles. The van der Waals surface area contributed by atoms with Crippen LogP contribution in [0.4, 0.5) is 0 Å². The molecule has 0 aliphatic rings. The predicted octanol–water partition coefficient (Wildman–Crippen LogP) is 3.40. The molecule has 0 aromatic heterocycles. The molecule has 0 N–H and O–H groups in total. The summed E-state index contributed by atoms with van der Waals surface area (Å²) >= 11 is 0. The SMILES string of the molecule is COCCOc1ccc(PC(=O)c2c(C)cc(C)cc2C)cc1.[Li]. The summed E-state index contributed by atoms with van der Waals surface area (Å²) in [5.41, 5.74) is 4.35. The van der Waals surface area contributed by atoms with Crippen LogP contribution in [0.2, 0.25) is 0 Å². The molecule has 1 radical (unpaired) electrons. The number of carbonyl (C=O) groups excluding carboxylic acids is 1. The molecule has 0 saturated carbocycles. The molecule has 123 valence electrons. The van der Waals surface area contributed by atoms with Crippen LogP contribution >= 0.6 is 8.58 Å². The van der Waals surface area contributed by atoms with Crippen molar-refractivity contribution in [1.82, 2.24) is 0 Å². The van der Waals surface area contributed by atoms with Crippen LogP contribution in [-0.4, -0.2) is 44.7 Å². The van der Waals surface area contributed by atoms with Crippen molar-refractivity contribution in [2.75, 3.05) is 20.3 Å². The maximum Gasteiger partial charge on any atom is 0.186 e. The Kier molecular flexibility index (Phi) is 8.74. The van der Waals surface area contributed by atoms with Crippen molar-refractivity contribution in [1.29, 1.82) is 0 Å². The Morgan fingerprint density at radius 1 is 1.00 bits per heavy atom. The van der Waals surface area contributed by atoms with Crippen LogP contribution in [0, 0.1) is 20.8 Å². The molecule has 0 amide bonds. The quantitative estimate of drug-likeness (QED) is 0.441. The van der Waals surface area contributed by atoms with Gasteiger partial charge in [-0.25, -0.2) is 0 Å². The molecule has 0 aliphatic heterocycles. The van der Waals surface area contributed by atoms with Crippen molar-refractivity contribution in [3.8, 4) is 5.75 Å². The van der Waals surface area contributed by atoms with Gasteiger partial charge in [-0.15, -0.1) is 0 Å². The average molecular weight is 337 g/mol. The summed E-state index contributed by atoms with van der Waals surface area (Å²) in [6, 6.07) is 11.9. The Bertz CT molecular complexity index is 661. The summed E-state index contributed by atoms with van der Waals surface area (Å²) in [5, 5.41) is 1.02. The largest absolute Gasteiger partial charge is 0.491 e. The van der Waals surface area contributed by atoms with Crippen LogP contribution in [0.25, 0.3) is 0 Å². The minimum atomic E-state index is 0. The van der Waals surface area contributed by atoms with E-state index in [0.717, 1.165) is 27.7 Å². The van der Waals surface area contributed by atoms with Crippen LogP contribution in [-0.2, 0) is 4.74 Å². The Morgan fingerprint density at radius 3 is 2.12 bits per heavy atom. The van der Waals surface area contributed by atoms with E-state index >= 15 is 0 Å². The van der Waals surface area contributed by atoms with E-state index in [1.807, 2.05) is 38.1 Å². The fourth-order valence-corrected chi connectivity index (χ4v) is 3.72. The second-order valence-corrected chi connectivity index (χ2v) is 6.87. The van der Waals surface area contributed by atoms with E-state index in [-0.39, 0.29) is 33.0 Å². The van der Waals surface area contributed by atoms with Crippen molar-refractivity contribution in [2.24, 2.45) is 0 Å². The Morgan fingerprint density at radius 2 is 1.58 bits per heavy atom. The normalized spacial score (nSPS) is 10.7. The molecule has 0 fully saturated rings. The first kappa shape index (κ1) is 20.9. The van der Waals surface area contributed by atoms with E-state index in [9.17, 15) is 4.79 Å². The molecular formula is C19H23LiO3P. The second-order valence-electron chi connectivity index (χ2n) is 5.59. The number of carbonyl (C=O) groups is 1. The number of aryl methyl sites for hydroxylation is 3. The summed E-state index contributed by atoms with van der Waals surface area (Å²) in [7, 11) is 1.77. The molecule has 0 saturated heterocycles. The Hall–Kier alpha value is -1.10. The Labute approximate surface area is 158 Å². The van der Waals surface area contributed by atoms with E-state index in [4.69, 9.17) is 9.47 Å². The van der Waals surface area contributed by atoms with Crippen molar-refractivity contribution in [2.45, 2.75) is 20.8 Å². The number of rotatable bonds is 7. The zero-order chi connectivity index (χ0) is 16.8. The monoisotopic (exact) mass is 337 g/mol. The minimum absolute atomic E-state index is 0. The van der Waals surface area contributed by atoms with Gasteiger partial charge in [-0.1, -0.05) is 29.8 Å². The van der Waals surface area contributed by atoms with Crippen LogP contribution < -0.4 is 10.0 Å². The van der Waals surface area contributed by atoms with Gasteiger partial charge in [0.15, 0.2) is 5.52 Å². The van der Waals surface area contributed by atoms with Gasteiger partial charge in [-0.05, 0) is 57.9 Å². The van der Waals surface area contributed by atoms with Crippen LogP contribution in [0.1, 0.15) is 27.0 Å². The summed E-state index contributed by atoms with van der Waals surface area (Å²) in [6.07, 6.45) is 0. The van der Waals surface area contributed by atoms with Gasteiger partial charge in [0, 0.05) is 31.5 Å². The van der Waals surface area contributed by atoms with E-state index in [0.29, 0.717) is 13.2 Å².